The van der Waals surface area contributed by atoms with Crippen LogP contribution in [0.3, 0.4) is 0 Å². The van der Waals surface area contributed by atoms with Gasteiger partial charge in [-0.25, -0.2) is 0 Å². The van der Waals surface area contributed by atoms with Gasteiger partial charge >= 0.3 is 17.9 Å². The van der Waals surface area contributed by atoms with Crippen LogP contribution in [0, 0.1) is 0 Å². The molecule has 0 aliphatic heterocycles. The lowest BCUT2D eigenvalue weighted by molar-refractivity contribution is -0.167. The van der Waals surface area contributed by atoms with E-state index in [4.69, 9.17) is 14.2 Å². The first-order valence-electron chi connectivity index (χ1n) is 29.9. The zero-order chi connectivity index (χ0) is 52.2. The molecule has 0 aliphatic carbocycles. The predicted octanol–water partition coefficient (Wildman–Crippen LogP) is 20.3. The van der Waals surface area contributed by atoms with Crippen molar-refractivity contribution in [3.05, 3.63) is 109 Å². The van der Waals surface area contributed by atoms with E-state index in [1.165, 1.54) is 103 Å². The molecule has 0 aromatic rings. The van der Waals surface area contributed by atoms with Crippen LogP contribution < -0.4 is 0 Å². The molecule has 0 amide bonds. The quantitative estimate of drug-likeness (QED) is 0.0261. The second-order valence-corrected chi connectivity index (χ2v) is 19.5. The summed E-state index contributed by atoms with van der Waals surface area (Å²) in [5.41, 5.74) is 0. The van der Waals surface area contributed by atoms with Crippen LogP contribution in [0.2, 0.25) is 0 Å². The first-order chi connectivity index (χ1) is 35.5. The summed E-state index contributed by atoms with van der Waals surface area (Å²) in [7, 11) is 0. The Labute approximate surface area is 444 Å². The molecule has 0 spiro atoms. The first-order valence-corrected chi connectivity index (χ1v) is 29.9. The Morgan fingerprint density at radius 2 is 0.556 bits per heavy atom. The fourth-order valence-corrected chi connectivity index (χ4v) is 7.99. The highest BCUT2D eigenvalue weighted by Gasteiger charge is 2.19. The molecule has 6 nitrogen and oxygen atoms in total. The molecule has 0 fully saturated rings. The molecule has 0 aromatic heterocycles. The van der Waals surface area contributed by atoms with E-state index in [0.717, 1.165) is 128 Å². The van der Waals surface area contributed by atoms with E-state index in [2.05, 4.69) is 130 Å². The van der Waals surface area contributed by atoms with Crippen LogP contribution in [0.5, 0.6) is 0 Å². The van der Waals surface area contributed by atoms with Gasteiger partial charge in [0.25, 0.3) is 0 Å². The number of hydrogen-bond acceptors (Lipinski definition) is 6. The van der Waals surface area contributed by atoms with E-state index >= 15 is 0 Å². The molecular weight excluding hydrogens is 889 g/mol. The van der Waals surface area contributed by atoms with E-state index in [0.29, 0.717) is 12.8 Å². The van der Waals surface area contributed by atoms with Gasteiger partial charge in [-0.1, -0.05) is 239 Å². The lowest BCUT2D eigenvalue weighted by Gasteiger charge is -2.18. The van der Waals surface area contributed by atoms with E-state index in [9.17, 15) is 14.4 Å². The van der Waals surface area contributed by atoms with Crippen LogP contribution in [0.15, 0.2) is 109 Å². The molecule has 0 saturated carbocycles. The molecule has 0 bridgehead atoms. The number of allylic oxidation sites excluding steroid dienone is 18. The molecular formula is C66H110O6. The van der Waals surface area contributed by atoms with Gasteiger partial charge in [-0.15, -0.1) is 0 Å². The Balaban J connectivity index is 4.45. The maximum Gasteiger partial charge on any atom is 0.306 e. The van der Waals surface area contributed by atoms with Crippen LogP contribution in [0.25, 0.3) is 0 Å². The van der Waals surface area contributed by atoms with Crippen molar-refractivity contribution in [3.8, 4) is 0 Å². The van der Waals surface area contributed by atoms with Crippen molar-refractivity contribution in [2.24, 2.45) is 0 Å². The molecule has 72 heavy (non-hydrogen) atoms. The Kier molecular flexibility index (Phi) is 56.4. The second-order valence-electron chi connectivity index (χ2n) is 19.5. The lowest BCUT2D eigenvalue weighted by Crippen LogP contribution is -2.30. The van der Waals surface area contributed by atoms with Crippen molar-refractivity contribution < 1.29 is 28.6 Å². The average molecular weight is 1000 g/mol. The number of carbonyl (C=O) groups is 3. The molecule has 0 N–H and O–H groups in total. The summed E-state index contributed by atoms with van der Waals surface area (Å²) in [6, 6.07) is 0. The molecule has 1 unspecified atom stereocenters. The normalized spacial score (nSPS) is 12.9. The molecule has 0 rings (SSSR count). The highest BCUT2D eigenvalue weighted by Crippen LogP contribution is 2.14. The van der Waals surface area contributed by atoms with Gasteiger partial charge in [0.2, 0.25) is 0 Å². The Morgan fingerprint density at radius 1 is 0.292 bits per heavy atom. The largest absolute Gasteiger partial charge is 0.462 e. The standard InChI is InChI=1S/C66H110O6/c1-4-7-10-13-16-19-22-25-28-30-32-33-35-36-38-41-44-47-50-53-56-59-65(68)71-62-63(61-70-64(67)58-55-52-49-46-43-40-27-24-21-18-15-12-9-6-3)72-66(69)60-57-54-51-48-45-42-39-37-34-31-29-26-23-20-17-14-11-8-5-2/h8,11,15,17-18,20,22,24-27,29-30,32,34,37,42,45,63H,4-7,9-10,12-14,16,19,21,23,28,31,33,35-36,38-41,43-44,46-62H2,1-3H3/b11-8-,18-15-,20-17-,25-22-,27-24-,29-26-,32-30-,37-34-,45-42-. The van der Waals surface area contributed by atoms with Crippen LogP contribution in [0.4, 0.5) is 0 Å². The van der Waals surface area contributed by atoms with E-state index in [1.54, 1.807) is 0 Å². The lowest BCUT2D eigenvalue weighted by atomic mass is 10.1. The highest BCUT2D eigenvalue weighted by atomic mass is 16.6. The third kappa shape index (κ3) is 57.0. The van der Waals surface area contributed by atoms with Gasteiger partial charge in [0.05, 0.1) is 0 Å². The van der Waals surface area contributed by atoms with Gasteiger partial charge in [0, 0.05) is 19.3 Å². The summed E-state index contributed by atoms with van der Waals surface area (Å²) in [4.78, 5) is 38.2. The minimum Gasteiger partial charge on any atom is -0.462 e. The van der Waals surface area contributed by atoms with Crippen molar-refractivity contribution in [1.29, 1.82) is 0 Å². The minimum absolute atomic E-state index is 0.0996. The van der Waals surface area contributed by atoms with Gasteiger partial charge in [-0.05, 0) is 122 Å². The zero-order valence-corrected chi connectivity index (χ0v) is 46.9. The fraction of sp³-hybridized carbons (Fsp3) is 0.682. The van der Waals surface area contributed by atoms with Crippen LogP contribution in [-0.4, -0.2) is 37.2 Å². The summed E-state index contributed by atoms with van der Waals surface area (Å²) in [5.74, 6) is -0.948. The Morgan fingerprint density at radius 3 is 0.903 bits per heavy atom. The van der Waals surface area contributed by atoms with Crippen molar-refractivity contribution in [2.75, 3.05) is 13.2 Å². The van der Waals surface area contributed by atoms with Crippen molar-refractivity contribution in [1.82, 2.24) is 0 Å². The SMILES string of the molecule is CC/C=C\C/C=C\C/C=C\C/C=C\C/C=C\CCCCCC(=O)OC(COC(=O)CCCCCCC/C=C\C/C=C\CCCC)COC(=O)CCCCCCCCCCC/C=C\C/C=C\CCCCCCC. The van der Waals surface area contributed by atoms with Gasteiger partial charge in [0.15, 0.2) is 6.10 Å². The first kappa shape index (κ1) is 68.1. The Bertz CT molecular complexity index is 1470. The molecule has 0 heterocycles. The van der Waals surface area contributed by atoms with Crippen molar-refractivity contribution in [3.63, 3.8) is 0 Å². The smallest absolute Gasteiger partial charge is 0.306 e. The summed E-state index contributed by atoms with van der Waals surface area (Å²) < 4.78 is 16.9. The van der Waals surface area contributed by atoms with Gasteiger partial charge in [0.1, 0.15) is 13.2 Å². The third-order valence-corrected chi connectivity index (χ3v) is 12.5. The highest BCUT2D eigenvalue weighted by molar-refractivity contribution is 5.71. The van der Waals surface area contributed by atoms with E-state index in [1.807, 2.05) is 0 Å². The summed E-state index contributed by atoms with van der Waals surface area (Å²) in [6.45, 7) is 6.44. The van der Waals surface area contributed by atoms with Crippen molar-refractivity contribution in [2.45, 2.75) is 277 Å². The van der Waals surface area contributed by atoms with Crippen LogP contribution in [0.1, 0.15) is 271 Å². The molecule has 6 heteroatoms. The molecule has 0 radical (unpaired) electrons. The van der Waals surface area contributed by atoms with Gasteiger partial charge in [-0.3, -0.25) is 14.4 Å². The van der Waals surface area contributed by atoms with Crippen LogP contribution >= 0.6 is 0 Å². The van der Waals surface area contributed by atoms with Gasteiger partial charge in [-0.2, -0.15) is 0 Å². The van der Waals surface area contributed by atoms with E-state index in [-0.39, 0.29) is 37.5 Å². The Hall–Kier alpha value is -3.93. The number of carbonyl (C=O) groups excluding carboxylic acids is 3. The fourth-order valence-electron chi connectivity index (χ4n) is 7.99. The van der Waals surface area contributed by atoms with Crippen molar-refractivity contribution >= 4 is 17.9 Å². The average Bonchev–Trinajstić information content (AvgIpc) is 3.38. The number of hydrogen-bond donors (Lipinski definition) is 0. The maximum absolute atomic E-state index is 12.9. The van der Waals surface area contributed by atoms with Crippen LogP contribution in [-0.2, 0) is 28.6 Å². The molecule has 410 valence electrons. The number of unbranched alkanes of at least 4 members (excludes halogenated alkanes) is 24. The molecule has 0 saturated heterocycles. The minimum atomic E-state index is -0.806. The number of rotatable bonds is 53. The van der Waals surface area contributed by atoms with Gasteiger partial charge < -0.3 is 14.2 Å². The topological polar surface area (TPSA) is 78.9 Å². The zero-order valence-electron chi connectivity index (χ0n) is 46.9. The monoisotopic (exact) mass is 999 g/mol. The summed E-state index contributed by atoms with van der Waals surface area (Å²) in [5, 5.41) is 0. The molecule has 1 atom stereocenters. The number of esters is 3. The molecule has 0 aromatic carbocycles. The van der Waals surface area contributed by atoms with E-state index < -0.39 is 6.10 Å². The predicted molar refractivity (Wildman–Crippen MR) is 311 cm³/mol. The number of ether oxygens (including phenoxy) is 3. The summed E-state index contributed by atoms with van der Waals surface area (Å²) in [6.07, 6.45) is 80.8. The molecule has 0 aliphatic rings. The second kappa shape index (κ2) is 59.6. The maximum atomic E-state index is 12.9. The third-order valence-electron chi connectivity index (χ3n) is 12.5. The summed E-state index contributed by atoms with van der Waals surface area (Å²) >= 11 is 0.